The zero-order chi connectivity index (χ0) is 19.6. The highest BCUT2D eigenvalue weighted by Gasteiger charge is 2.30. The van der Waals surface area contributed by atoms with Gasteiger partial charge in [0, 0.05) is 4.90 Å². The monoisotopic (exact) mass is 394 g/mol. The number of carbonyl (C=O) groups is 2. The van der Waals surface area contributed by atoms with Crippen molar-refractivity contribution in [2.45, 2.75) is 24.0 Å². The van der Waals surface area contributed by atoms with E-state index >= 15 is 0 Å². The van der Waals surface area contributed by atoms with Crippen molar-refractivity contribution >= 4 is 29.3 Å². The number of amides is 2. The molecule has 0 radical (unpaired) electrons. The molecule has 1 atom stereocenters. The lowest BCUT2D eigenvalue weighted by Gasteiger charge is -2.28. The van der Waals surface area contributed by atoms with Gasteiger partial charge in [0.1, 0.15) is 6.54 Å². The first kappa shape index (κ1) is 19.3. The summed E-state index contributed by atoms with van der Waals surface area (Å²) in [5, 5.41) is 2.73. The fourth-order valence-corrected chi connectivity index (χ4v) is 3.74. The summed E-state index contributed by atoms with van der Waals surface area (Å²) in [6.45, 7) is 1.55. The molecule has 2 aromatic rings. The quantitative estimate of drug-likeness (QED) is 0.852. The molecule has 0 bridgehead atoms. The number of anilines is 1. The van der Waals surface area contributed by atoms with E-state index in [0.717, 1.165) is 17.0 Å². The summed E-state index contributed by atoms with van der Waals surface area (Å²) in [5.41, 5.74) is 0.506. The van der Waals surface area contributed by atoms with Crippen molar-refractivity contribution in [2.24, 2.45) is 0 Å². The molecule has 142 valence electrons. The summed E-state index contributed by atoms with van der Waals surface area (Å²) in [7, 11) is 0. The van der Waals surface area contributed by atoms with E-state index in [1.54, 1.807) is 19.1 Å². The first-order chi connectivity index (χ1) is 12.8. The largest absolute Gasteiger partial charge is 0.416 e. The van der Waals surface area contributed by atoms with Gasteiger partial charge in [0.15, 0.2) is 0 Å². The molecule has 1 aliphatic rings. The van der Waals surface area contributed by atoms with E-state index in [0.29, 0.717) is 11.3 Å². The van der Waals surface area contributed by atoms with E-state index in [9.17, 15) is 22.8 Å². The topological polar surface area (TPSA) is 49.4 Å². The number of fused-ring (bicyclic) bond motifs is 1. The SMILES string of the molecule is CC(NC(=O)CN1C(=O)CSc2ccccc21)c1ccc(C(F)(F)F)cc1. The van der Waals surface area contributed by atoms with Crippen molar-refractivity contribution in [3.8, 4) is 0 Å². The highest BCUT2D eigenvalue weighted by atomic mass is 32.2. The zero-order valence-electron chi connectivity index (χ0n) is 14.4. The molecular weight excluding hydrogens is 377 g/mol. The minimum absolute atomic E-state index is 0.138. The van der Waals surface area contributed by atoms with Crippen LogP contribution < -0.4 is 10.2 Å². The van der Waals surface area contributed by atoms with E-state index in [-0.39, 0.29) is 24.1 Å². The van der Waals surface area contributed by atoms with Crippen molar-refractivity contribution in [1.82, 2.24) is 5.32 Å². The van der Waals surface area contributed by atoms with E-state index in [1.165, 1.54) is 28.8 Å². The van der Waals surface area contributed by atoms with Gasteiger partial charge in [-0.1, -0.05) is 24.3 Å². The molecule has 1 unspecified atom stereocenters. The number of hydrogen-bond donors (Lipinski definition) is 1. The van der Waals surface area contributed by atoms with Crippen LogP contribution in [0.4, 0.5) is 18.9 Å². The fourth-order valence-electron chi connectivity index (χ4n) is 2.80. The summed E-state index contributed by atoms with van der Waals surface area (Å²) in [6, 6.07) is 11.5. The summed E-state index contributed by atoms with van der Waals surface area (Å²) in [4.78, 5) is 26.9. The van der Waals surface area contributed by atoms with E-state index < -0.39 is 17.8 Å². The molecule has 1 aliphatic heterocycles. The van der Waals surface area contributed by atoms with E-state index in [1.807, 2.05) is 12.1 Å². The third-order valence-electron chi connectivity index (χ3n) is 4.23. The molecule has 1 N–H and O–H groups in total. The smallest absolute Gasteiger partial charge is 0.348 e. The molecule has 0 saturated heterocycles. The first-order valence-electron chi connectivity index (χ1n) is 8.24. The van der Waals surface area contributed by atoms with Crippen LogP contribution in [-0.4, -0.2) is 24.1 Å². The normalized spacial score (nSPS) is 15.3. The summed E-state index contributed by atoms with van der Waals surface area (Å²) in [6.07, 6.45) is -4.40. The number of alkyl halides is 3. The number of thioether (sulfide) groups is 1. The van der Waals surface area contributed by atoms with Gasteiger partial charge < -0.3 is 10.2 Å². The summed E-state index contributed by atoms with van der Waals surface area (Å²) >= 11 is 1.43. The van der Waals surface area contributed by atoms with Crippen LogP contribution >= 0.6 is 11.8 Å². The second-order valence-corrected chi connectivity index (χ2v) is 7.16. The molecule has 0 saturated carbocycles. The van der Waals surface area contributed by atoms with Crippen LogP contribution in [0, 0.1) is 0 Å². The van der Waals surface area contributed by atoms with Crippen LogP contribution in [0.1, 0.15) is 24.1 Å². The highest BCUT2D eigenvalue weighted by molar-refractivity contribution is 8.00. The molecular formula is C19H17F3N2O2S. The molecule has 0 aliphatic carbocycles. The lowest BCUT2D eigenvalue weighted by atomic mass is 10.1. The van der Waals surface area contributed by atoms with Gasteiger partial charge in [0.25, 0.3) is 0 Å². The second kappa shape index (κ2) is 7.64. The second-order valence-electron chi connectivity index (χ2n) is 6.15. The molecule has 0 fully saturated rings. The van der Waals surface area contributed by atoms with Crippen molar-refractivity contribution in [2.75, 3.05) is 17.2 Å². The molecule has 2 aromatic carbocycles. The average Bonchev–Trinajstić information content (AvgIpc) is 2.63. The number of rotatable bonds is 4. The van der Waals surface area contributed by atoms with Crippen LogP contribution in [-0.2, 0) is 15.8 Å². The fraction of sp³-hybridized carbons (Fsp3) is 0.263. The van der Waals surface area contributed by atoms with E-state index in [4.69, 9.17) is 0 Å². The number of hydrogen-bond acceptors (Lipinski definition) is 3. The molecule has 0 aromatic heterocycles. The Hall–Kier alpha value is -2.48. The van der Waals surface area contributed by atoms with Crippen LogP contribution in [0.5, 0.6) is 0 Å². The minimum atomic E-state index is -4.40. The standard InChI is InChI=1S/C19H17F3N2O2S/c1-12(13-6-8-14(9-7-13)19(20,21)22)23-17(25)10-24-15-4-2-3-5-16(15)27-11-18(24)26/h2-9,12H,10-11H2,1H3,(H,23,25). The van der Waals surface area contributed by atoms with Crippen LogP contribution in [0.3, 0.4) is 0 Å². The summed E-state index contributed by atoms with van der Waals surface area (Å²) in [5.74, 6) is -0.271. The predicted octanol–water partition coefficient (Wildman–Crippen LogP) is 4.02. The number of halogens is 3. The number of para-hydroxylation sites is 1. The Labute approximate surface area is 158 Å². The van der Waals surface area contributed by atoms with Crippen molar-refractivity contribution in [1.29, 1.82) is 0 Å². The minimum Gasteiger partial charge on any atom is -0.348 e. The Balaban J connectivity index is 1.66. The number of carbonyl (C=O) groups excluding carboxylic acids is 2. The Kier molecular flexibility index (Phi) is 5.46. The third kappa shape index (κ3) is 4.44. The lowest BCUT2D eigenvalue weighted by Crippen LogP contribution is -2.43. The number of nitrogens with one attached hydrogen (secondary N) is 1. The van der Waals surface area contributed by atoms with Gasteiger partial charge in [0.2, 0.25) is 11.8 Å². The molecule has 2 amide bonds. The Morgan fingerprint density at radius 2 is 1.85 bits per heavy atom. The lowest BCUT2D eigenvalue weighted by molar-refractivity contribution is -0.137. The average molecular weight is 394 g/mol. The van der Waals surface area contributed by atoms with Crippen LogP contribution in [0.15, 0.2) is 53.4 Å². The molecule has 1 heterocycles. The predicted molar refractivity (Wildman–Crippen MR) is 97.5 cm³/mol. The van der Waals surface area contributed by atoms with Gasteiger partial charge in [0.05, 0.1) is 23.0 Å². The molecule has 0 spiro atoms. The first-order valence-corrected chi connectivity index (χ1v) is 9.23. The molecule has 4 nitrogen and oxygen atoms in total. The van der Waals surface area contributed by atoms with Crippen molar-refractivity contribution < 1.29 is 22.8 Å². The van der Waals surface area contributed by atoms with Gasteiger partial charge in [-0.2, -0.15) is 13.2 Å². The third-order valence-corrected chi connectivity index (χ3v) is 5.27. The molecule has 3 rings (SSSR count). The highest BCUT2D eigenvalue weighted by Crippen LogP contribution is 2.34. The van der Waals surface area contributed by atoms with Crippen LogP contribution in [0.2, 0.25) is 0 Å². The maximum atomic E-state index is 12.6. The summed E-state index contributed by atoms with van der Waals surface area (Å²) < 4.78 is 37.9. The Morgan fingerprint density at radius 3 is 2.52 bits per heavy atom. The van der Waals surface area contributed by atoms with Gasteiger partial charge in [-0.15, -0.1) is 11.8 Å². The van der Waals surface area contributed by atoms with Crippen molar-refractivity contribution in [3.05, 3.63) is 59.7 Å². The maximum absolute atomic E-state index is 12.6. The molecule has 27 heavy (non-hydrogen) atoms. The zero-order valence-corrected chi connectivity index (χ0v) is 15.2. The van der Waals surface area contributed by atoms with Gasteiger partial charge in [-0.05, 0) is 36.8 Å². The Morgan fingerprint density at radius 1 is 1.19 bits per heavy atom. The number of benzene rings is 2. The van der Waals surface area contributed by atoms with Gasteiger partial charge >= 0.3 is 6.18 Å². The van der Waals surface area contributed by atoms with E-state index in [2.05, 4.69) is 5.32 Å². The molecule has 8 heteroatoms. The number of nitrogens with zero attached hydrogens (tertiary/aromatic N) is 1. The van der Waals surface area contributed by atoms with Gasteiger partial charge in [-0.3, -0.25) is 9.59 Å². The Bertz CT molecular complexity index is 853. The maximum Gasteiger partial charge on any atom is 0.416 e. The van der Waals surface area contributed by atoms with Crippen LogP contribution in [0.25, 0.3) is 0 Å². The van der Waals surface area contributed by atoms with Crippen molar-refractivity contribution in [3.63, 3.8) is 0 Å². The van der Waals surface area contributed by atoms with Gasteiger partial charge in [-0.25, -0.2) is 0 Å².